The molecule has 11 heteroatoms. The number of likely N-dealkylation sites (N-methyl/N-ethyl adjacent to an activating group) is 1. The number of amides is 4. The smallest absolute Gasteiger partial charge is 0.325 e. The number of rotatable bonds is 7. The van der Waals surface area contributed by atoms with Crippen LogP contribution in [0.2, 0.25) is 5.02 Å². The third kappa shape index (κ3) is 5.43. The maximum Gasteiger partial charge on any atom is 0.325 e. The van der Waals surface area contributed by atoms with Crippen LogP contribution in [0.1, 0.15) is 36.2 Å². The number of likely N-dealkylation sites (tertiary alicyclic amines) is 1. The van der Waals surface area contributed by atoms with Crippen LogP contribution >= 0.6 is 11.6 Å². The predicted octanol–water partition coefficient (Wildman–Crippen LogP) is 3.25. The molecule has 37 heavy (non-hydrogen) atoms. The standard InChI is InChI=1S/C26H30ClN7O3/c1-5-20(17-7-6-8-18(27)14-17)30-26(37)34-23(25(36)33(4)22-9-10-32(3)31-22)19(24(34)35)12-16-11-15(2)29-21(28)13-16/h6-11,13-14,19-20,23H,5,12H2,1-4H3,(H2,28,29)(H,30,37)/t19-,20?,23+/m1/s1. The monoisotopic (exact) mass is 523 g/mol. The Bertz CT molecular complexity index is 1320. The van der Waals surface area contributed by atoms with Crippen molar-refractivity contribution in [1.82, 2.24) is 25.0 Å². The third-order valence-corrected chi connectivity index (χ3v) is 6.74. The molecule has 0 radical (unpaired) electrons. The van der Waals surface area contributed by atoms with Crippen molar-refractivity contribution in [3.05, 3.63) is 70.5 Å². The van der Waals surface area contributed by atoms with Crippen molar-refractivity contribution in [3.8, 4) is 0 Å². The lowest BCUT2D eigenvalue weighted by molar-refractivity contribution is -0.156. The number of urea groups is 1. The molecule has 1 unspecified atom stereocenters. The van der Waals surface area contributed by atoms with Crippen LogP contribution in [-0.4, -0.2) is 50.6 Å². The van der Waals surface area contributed by atoms with Gasteiger partial charge >= 0.3 is 6.03 Å². The number of imide groups is 1. The van der Waals surface area contributed by atoms with Crippen molar-refractivity contribution in [2.45, 2.75) is 38.8 Å². The highest BCUT2D eigenvalue weighted by Gasteiger charge is 2.55. The van der Waals surface area contributed by atoms with Crippen LogP contribution < -0.4 is 16.0 Å². The Hall–Kier alpha value is -3.92. The van der Waals surface area contributed by atoms with Crippen LogP contribution in [0.3, 0.4) is 0 Å². The second-order valence-corrected chi connectivity index (χ2v) is 9.65. The van der Waals surface area contributed by atoms with Gasteiger partial charge in [0.25, 0.3) is 5.91 Å². The Morgan fingerprint density at radius 3 is 2.62 bits per heavy atom. The van der Waals surface area contributed by atoms with Gasteiger partial charge in [-0.1, -0.05) is 30.7 Å². The topological polar surface area (TPSA) is 126 Å². The summed E-state index contributed by atoms with van der Waals surface area (Å²) in [5, 5.41) is 7.73. The van der Waals surface area contributed by atoms with E-state index in [-0.39, 0.29) is 12.5 Å². The largest absolute Gasteiger partial charge is 0.384 e. The molecule has 3 atom stereocenters. The van der Waals surface area contributed by atoms with E-state index in [0.717, 1.165) is 16.0 Å². The number of pyridine rings is 1. The third-order valence-electron chi connectivity index (χ3n) is 6.51. The number of nitrogens with one attached hydrogen (secondary N) is 1. The van der Waals surface area contributed by atoms with Gasteiger partial charge in [-0.2, -0.15) is 5.10 Å². The molecule has 2 aromatic heterocycles. The van der Waals surface area contributed by atoms with Gasteiger partial charge in [0, 0.05) is 37.1 Å². The first kappa shape index (κ1) is 26.2. The van der Waals surface area contributed by atoms with Crippen molar-refractivity contribution < 1.29 is 14.4 Å². The number of aryl methyl sites for hydroxylation is 2. The maximum atomic E-state index is 13.6. The predicted molar refractivity (Wildman–Crippen MR) is 141 cm³/mol. The number of anilines is 2. The molecule has 0 bridgehead atoms. The van der Waals surface area contributed by atoms with Crippen molar-refractivity contribution >= 4 is 41.1 Å². The van der Waals surface area contributed by atoms with Crippen LogP contribution in [0.5, 0.6) is 0 Å². The van der Waals surface area contributed by atoms with Crippen molar-refractivity contribution in [2.75, 3.05) is 17.7 Å². The van der Waals surface area contributed by atoms with Crippen LogP contribution in [0.4, 0.5) is 16.4 Å². The average Bonchev–Trinajstić information content (AvgIpc) is 3.28. The Balaban J connectivity index is 1.61. The number of halogens is 1. The molecule has 3 heterocycles. The lowest BCUT2D eigenvalue weighted by atomic mass is 9.81. The fourth-order valence-corrected chi connectivity index (χ4v) is 4.85. The first-order valence-corrected chi connectivity index (χ1v) is 12.4. The fraction of sp³-hybridized carbons (Fsp3) is 0.346. The lowest BCUT2D eigenvalue weighted by Crippen LogP contribution is -2.70. The highest BCUT2D eigenvalue weighted by atomic mass is 35.5. The number of carbonyl (C=O) groups is 3. The Morgan fingerprint density at radius 2 is 2.00 bits per heavy atom. The molecular formula is C26H30ClN7O3. The first-order chi connectivity index (χ1) is 17.6. The lowest BCUT2D eigenvalue weighted by Gasteiger charge is -2.45. The zero-order valence-electron chi connectivity index (χ0n) is 21.2. The van der Waals surface area contributed by atoms with Gasteiger partial charge in [-0.3, -0.25) is 24.1 Å². The second kappa shape index (κ2) is 10.6. The minimum atomic E-state index is -1.01. The van der Waals surface area contributed by atoms with Crippen LogP contribution in [0.15, 0.2) is 48.7 Å². The molecule has 3 aromatic rings. The van der Waals surface area contributed by atoms with Gasteiger partial charge in [0.15, 0.2) is 5.82 Å². The summed E-state index contributed by atoms with van der Waals surface area (Å²) in [7, 11) is 3.32. The van der Waals surface area contributed by atoms with Crippen LogP contribution in [-0.2, 0) is 23.1 Å². The summed E-state index contributed by atoms with van der Waals surface area (Å²) >= 11 is 6.14. The number of nitrogen functional groups attached to an aromatic ring is 1. The first-order valence-electron chi connectivity index (χ1n) is 12.0. The number of β-lactam (4-membered cyclic amide) rings is 1. The number of hydrogen-bond donors (Lipinski definition) is 2. The van der Waals surface area contributed by atoms with Gasteiger partial charge in [-0.15, -0.1) is 0 Å². The zero-order valence-corrected chi connectivity index (χ0v) is 21.9. The molecule has 3 N–H and O–H groups in total. The molecule has 0 aliphatic carbocycles. The van der Waals surface area contributed by atoms with Gasteiger partial charge in [0.05, 0.1) is 12.0 Å². The molecule has 4 amide bonds. The number of nitrogens with two attached hydrogens (primary N) is 1. The number of aromatic nitrogens is 3. The number of hydrogen-bond acceptors (Lipinski definition) is 6. The van der Waals surface area contributed by atoms with Crippen molar-refractivity contribution in [1.29, 1.82) is 0 Å². The minimum absolute atomic E-state index is 0.244. The van der Waals surface area contributed by atoms with E-state index in [1.54, 1.807) is 62.2 Å². The summed E-state index contributed by atoms with van der Waals surface area (Å²) in [6.07, 6.45) is 2.53. The normalized spacial score (nSPS) is 17.8. The molecule has 0 saturated carbocycles. The Kier molecular flexibility index (Phi) is 7.49. The quantitative estimate of drug-likeness (QED) is 0.458. The van der Waals surface area contributed by atoms with E-state index in [9.17, 15) is 14.4 Å². The minimum Gasteiger partial charge on any atom is -0.384 e. The highest BCUT2D eigenvalue weighted by Crippen LogP contribution is 2.33. The summed E-state index contributed by atoms with van der Waals surface area (Å²) < 4.78 is 1.58. The summed E-state index contributed by atoms with van der Waals surface area (Å²) in [4.78, 5) is 46.9. The maximum absolute atomic E-state index is 13.6. The molecule has 1 saturated heterocycles. The van der Waals surface area contributed by atoms with E-state index in [1.165, 1.54) is 4.90 Å². The molecule has 1 fully saturated rings. The SMILES string of the molecule is CCC(NC(=O)N1C(=O)[C@H](Cc2cc(C)nc(N)c2)[C@H]1C(=O)N(C)c1ccn(C)n1)c1cccc(Cl)c1. The Labute approximate surface area is 220 Å². The molecule has 10 nitrogen and oxygen atoms in total. The zero-order chi connectivity index (χ0) is 26.9. The molecule has 194 valence electrons. The van der Waals surface area contributed by atoms with Gasteiger partial charge in [-0.05, 0) is 55.2 Å². The van der Waals surface area contributed by atoms with E-state index in [2.05, 4.69) is 15.4 Å². The molecule has 0 spiro atoms. The molecule has 1 aliphatic heterocycles. The van der Waals surface area contributed by atoms with Gasteiger partial charge in [0.2, 0.25) is 5.91 Å². The highest BCUT2D eigenvalue weighted by molar-refractivity contribution is 6.30. The van der Waals surface area contributed by atoms with Crippen molar-refractivity contribution in [3.63, 3.8) is 0 Å². The van der Waals surface area contributed by atoms with Crippen LogP contribution in [0.25, 0.3) is 0 Å². The van der Waals surface area contributed by atoms with Gasteiger partial charge in [0.1, 0.15) is 11.9 Å². The molecule has 1 aromatic carbocycles. The van der Waals surface area contributed by atoms with Crippen LogP contribution in [0, 0.1) is 12.8 Å². The van der Waals surface area contributed by atoms with E-state index in [1.807, 2.05) is 19.1 Å². The average molecular weight is 524 g/mol. The summed E-state index contributed by atoms with van der Waals surface area (Å²) in [6.45, 7) is 3.72. The second-order valence-electron chi connectivity index (χ2n) is 9.22. The van der Waals surface area contributed by atoms with E-state index in [0.29, 0.717) is 28.8 Å². The van der Waals surface area contributed by atoms with Gasteiger partial charge in [-0.25, -0.2) is 9.78 Å². The molecule has 1 aliphatic rings. The fourth-order valence-electron chi connectivity index (χ4n) is 4.65. The van der Waals surface area contributed by atoms with Crippen molar-refractivity contribution in [2.24, 2.45) is 13.0 Å². The number of nitrogens with zero attached hydrogens (tertiary/aromatic N) is 5. The number of benzene rings is 1. The summed E-state index contributed by atoms with van der Waals surface area (Å²) in [5.41, 5.74) is 8.18. The summed E-state index contributed by atoms with van der Waals surface area (Å²) in [6, 6.07) is 10.3. The molecule has 4 rings (SSSR count). The van der Waals surface area contributed by atoms with E-state index < -0.39 is 29.8 Å². The number of carbonyl (C=O) groups excluding carboxylic acids is 3. The Morgan fingerprint density at radius 1 is 1.24 bits per heavy atom. The summed E-state index contributed by atoms with van der Waals surface area (Å²) in [5.74, 6) is -0.832. The molecular weight excluding hydrogens is 494 g/mol. The van der Waals surface area contributed by atoms with E-state index >= 15 is 0 Å². The van der Waals surface area contributed by atoms with E-state index in [4.69, 9.17) is 17.3 Å². The van der Waals surface area contributed by atoms with Gasteiger partial charge < -0.3 is 11.1 Å².